The van der Waals surface area contributed by atoms with Crippen LogP contribution in [0.5, 0.6) is 11.5 Å². The monoisotopic (exact) mass is 448 g/mol. The number of hydrogen-bond donors (Lipinski definition) is 1. The molecule has 3 rings (SSSR count). The quantitative estimate of drug-likeness (QED) is 0.541. The number of hydrogen-bond acceptors (Lipinski definition) is 6. The number of carbonyl (C=O) groups is 1. The van der Waals surface area contributed by atoms with Crippen LogP contribution in [-0.2, 0) is 4.74 Å². The summed E-state index contributed by atoms with van der Waals surface area (Å²) in [6.45, 7) is 0.200. The highest BCUT2D eigenvalue weighted by Gasteiger charge is 2.07. The number of halogens is 1. The van der Waals surface area contributed by atoms with E-state index in [1.807, 2.05) is 36.4 Å². The summed E-state index contributed by atoms with van der Waals surface area (Å²) in [6.07, 6.45) is 3.42. The van der Waals surface area contributed by atoms with Gasteiger partial charge in [-0.15, -0.1) is 11.3 Å². The Morgan fingerprint density at radius 2 is 2.11 bits per heavy atom. The van der Waals surface area contributed by atoms with E-state index in [1.54, 1.807) is 30.6 Å². The van der Waals surface area contributed by atoms with E-state index in [0.29, 0.717) is 5.75 Å². The summed E-state index contributed by atoms with van der Waals surface area (Å²) >= 11 is 5.05. The maximum absolute atomic E-state index is 11.3. The number of benzene rings is 2. The molecule has 0 aliphatic heterocycles. The third-order valence-corrected chi connectivity index (χ3v) is 5.12. The average Bonchev–Trinajstić information content (AvgIpc) is 3.07. The van der Waals surface area contributed by atoms with E-state index in [4.69, 9.17) is 14.2 Å². The van der Waals surface area contributed by atoms with Gasteiger partial charge in [0.2, 0.25) is 0 Å². The predicted octanol–water partition coefficient (Wildman–Crippen LogP) is 4.93. The van der Waals surface area contributed by atoms with Gasteiger partial charge in [0.1, 0.15) is 16.5 Å². The van der Waals surface area contributed by atoms with Crippen molar-refractivity contribution >= 4 is 55.7 Å². The Morgan fingerprint density at radius 3 is 2.85 bits per heavy atom. The number of rotatable bonds is 6. The zero-order valence-electron chi connectivity index (χ0n) is 14.7. The summed E-state index contributed by atoms with van der Waals surface area (Å²) in [6, 6.07) is 11.2. The summed E-state index contributed by atoms with van der Waals surface area (Å²) in [5, 5.41) is 3.27. The highest BCUT2D eigenvalue weighted by atomic mass is 79.9. The van der Waals surface area contributed by atoms with Crippen LogP contribution in [0, 0.1) is 0 Å². The lowest BCUT2D eigenvalue weighted by atomic mass is 10.2. The first-order valence-electron chi connectivity index (χ1n) is 7.98. The molecule has 0 saturated carbocycles. The first-order valence-corrected chi connectivity index (χ1v) is 9.59. The third kappa shape index (κ3) is 5.06. The molecule has 6 nitrogen and oxygen atoms in total. The number of aromatic nitrogens is 1. The number of nitrogens with one attached hydrogen (secondary N) is 1. The van der Waals surface area contributed by atoms with Gasteiger partial charge in [0.05, 0.1) is 14.7 Å². The Bertz CT molecular complexity index is 987. The molecule has 3 aromatic rings. The number of carbonyl (C=O) groups excluding carboxylic acids is 1. The molecule has 0 saturated heterocycles. The Hall–Kier alpha value is -2.42. The zero-order valence-corrected chi connectivity index (χ0v) is 17.1. The molecule has 140 valence electrons. The van der Waals surface area contributed by atoms with Gasteiger partial charge in [-0.2, -0.15) is 0 Å². The predicted molar refractivity (Wildman–Crippen MR) is 110 cm³/mol. The lowest BCUT2D eigenvalue weighted by molar-refractivity contribution is 0.0506. The van der Waals surface area contributed by atoms with E-state index < -0.39 is 6.09 Å². The van der Waals surface area contributed by atoms with E-state index in [-0.39, 0.29) is 6.79 Å². The van der Waals surface area contributed by atoms with E-state index >= 15 is 0 Å². The van der Waals surface area contributed by atoms with Gasteiger partial charge in [-0.05, 0) is 51.8 Å². The highest BCUT2D eigenvalue weighted by molar-refractivity contribution is 9.10. The SMILES string of the molecule is CNC(=O)Oc1ccc2sc(C=Cc3ccc(OCOC)c(Br)c3)nc2c1. The van der Waals surface area contributed by atoms with Crippen molar-refractivity contribution in [1.82, 2.24) is 10.3 Å². The van der Waals surface area contributed by atoms with Crippen LogP contribution in [0.4, 0.5) is 4.79 Å². The lowest BCUT2D eigenvalue weighted by Crippen LogP contribution is -2.21. The number of thiazole rings is 1. The standard InChI is InChI=1S/C19H17BrN2O4S/c1-21-19(23)26-13-5-7-17-15(10-13)22-18(27-17)8-4-12-3-6-16(14(20)9-12)25-11-24-2/h3-10H,11H2,1-2H3,(H,21,23). The van der Waals surface area contributed by atoms with Crippen LogP contribution in [0.1, 0.15) is 10.6 Å². The van der Waals surface area contributed by atoms with Gasteiger partial charge in [0, 0.05) is 20.2 Å². The van der Waals surface area contributed by atoms with Crippen LogP contribution in [0.3, 0.4) is 0 Å². The minimum atomic E-state index is -0.506. The molecule has 0 unspecified atom stereocenters. The second-order valence-electron chi connectivity index (χ2n) is 5.40. The summed E-state index contributed by atoms with van der Waals surface area (Å²) < 4.78 is 17.4. The minimum absolute atomic E-state index is 0.200. The molecule has 0 atom stereocenters. The minimum Gasteiger partial charge on any atom is -0.466 e. The largest absolute Gasteiger partial charge is 0.466 e. The third-order valence-electron chi connectivity index (χ3n) is 3.50. The first kappa shape index (κ1) is 19.3. The van der Waals surface area contributed by atoms with Crippen molar-refractivity contribution in [2.24, 2.45) is 0 Å². The van der Waals surface area contributed by atoms with Crippen molar-refractivity contribution in [1.29, 1.82) is 0 Å². The number of amides is 1. The smallest absolute Gasteiger partial charge is 0.412 e. The molecule has 1 aromatic heterocycles. The molecular formula is C19H17BrN2O4S. The number of methoxy groups -OCH3 is 1. The second-order valence-corrected chi connectivity index (χ2v) is 7.31. The summed E-state index contributed by atoms with van der Waals surface area (Å²) in [5.41, 5.74) is 1.79. The van der Waals surface area contributed by atoms with Crippen LogP contribution in [0.15, 0.2) is 40.9 Å². The molecule has 27 heavy (non-hydrogen) atoms. The van der Waals surface area contributed by atoms with Crippen LogP contribution >= 0.6 is 27.3 Å². The molecule has 0 fully saturated rings. The number of nitrogens with zero attached hydrogens (tertiary/aromatic N) is 1. The molecule has 0 aliphatic rings. The lowest BCUT2D eigenvalue weighted by Gasteiger charge is -2.07. The van der Waals surface area contributed by atoms with Crippen molar-refractivity contribution < 1.29 is 19.0 Å². The fraction of sp³-hybridized carbons (Fsp3) is 0.158. The Kier molecular flexibility index (Phi) is 6.44. The van der Waals surface area contributed by atoms with Crippen molar-refractivity contribution in [2.75, 3.05) is 21.0 Å². The van der Waals surface area contributed by atoms with Gasteiger partial charge in [0.25, 0.3) is 0 Å². The molecule has 1 amide bonds. The van der Waals surface area contributed by atoms with Crippen molar-refractivity contribution in [3.63, 3.8) is 0 Å². The molecule has 0 bridgehead atoms. The van der Waals surface area contributed by atoms with E-state index in [1.165, 1.54) is 7.05 Å². The number of fused-ring (bicyclic) bond motifs is 1. The zero-order chi connectivity index (χ0) is 19.2. The van der Waals surface area contributed by atoms with Crippen LogP contribution < -0.4 is 14.8 Å². The molecule has 0 radical (unpaired) electrons. The molecular weight excluding hydrogens is 432 g/mol. The summed E-state index contributed by atoms with van der Waals surface area (Å²) in [5.74, 6) is 1.18. The molecule has 0 aliphatic carbocycles. The molecule has 8 heteroatoms. The van der Waals surface area contributed by atoms with Crippen LogP contribution in [0.25, 0.3) is 22.4 Å². The molecule has 1 N–H and O–H groups in total. The second kappa shape index (κ2) is 8.98. The maximum atomic E-state index is 11.3. The highest BCUT2D eigenvalue weighted by Crippen LogP contribution is 2.29. The van der Waals surface area contributed by atoms with E-state index in [9.17, 15) is 4.79 Å². The fourth-order valence-corrected chi connectivity index (χ4v) is 3.61. The van der Waals surface area contributed by atoms with Gasteiger partial charge >= 0.3 is 6.09 Å². The van der Waals surface area contributed by atoms with Gasteiger partial charge in [-0.1, -0.05) is 12.1 Å². The van der Waals surface area contributed by atoms with Gasteiger partial charge in [0.15, 0.2) is 6.79 Å². The summed E-state index contributed by atoms with van der Waals surface area (Å²) in [7, 11) is 3.10. The van der Waals surface area contributed by atoms with Crippen LogP contribution in [-0.4, -0.2) is 32.0 Å². The normalized spacial score (nSPS) is 11.1. The molecule has 2 aromatic carbocycles. The average molecular weight is 449 g/mol. The van der Waals surface area contributed by atoms with Crippen molar-refractivity contribution in [3.8, 4) is 11.5 Å². The first-order chi connectivity index (χ1) is 13.1. The van der Waals surface area contributed by atoms with E-state index in [0.717, 1.165) is 31.0 Å². The Morgan fingerprint density at radius 1 is 1.26 bits per heavy atom. The Balaban J connectivity index is 1.75. The van der Waals surface area contributed by atoms with Crippen molar-refractivity contribution in [3.05, 3.63) is 51.4 Å². The van der Waals surface area contributed by atoms with Gasteiger partial charge in [-0.25, -0.2) is 9.78 Å². The van der Waals surface area contributed by atoms with Crippen molar-refractivity contribution in [2.45, 2.75) is 0 Å². The van der Waals surface area contributed by atoms with Gasteiger partial charge < -0.3 is 19.5 Å². The molecule has 1 heterocycles. The molecule has 0 spiro atoms. The summed E-state index contributed by atoms with van der Waals surface area (Å²) in [4.78, 5) is 15.9. The Labute approximate surface area is 168 Å². The maximum Gasteiger partial charge on any atom is 0.412 e. The fourth-order valence-electron chi connectivity index (χ4n) is 2.25. The number of ether oxygens (including phenoxy) is 3. The van der Waals surface area contributed by atoms with E-state index in [2.05, 4.69) is 26.2 Å². The van der Waals surface area contributed by atoms with Gasteiger partial charge in [-0.3, -0.25) is 0 Å². The van der Waals surface area contributed by atoms with Crippen LogP contribution in [0.2, 0.25) is 0 Å². The topological polar surface area (TPSA) is 69.7 Å².